The van der Waals surface area contributed by atoms with Gasteiger partial charge in [0.05, 0.1) is 6.42 Å². The number of rotatable bonds is 5. The number of likely N-dealkylation sites (N-methyl/N-ethyl adjacent to an activating group) is 1. The number of carboxylic acid groups (broad SMARTS) is 1. The molecule has 1 aromatic heterocycles. The average Bonchev–Trinajstić information content (AvgIpc) is 2.80. The van der Waals surface area contributed by atoms with Crippen LogP contribution in [0.3, 0.4) is 0 Å². The molecule has 106 valence electrons. The molecule has 0 saturated carbocycles. The number of aromatic nitrogens is 1. The van der Waals surface area contributed by atoms with E-state index in [1.807, 2.05) is 31.3 Å². The highest BCUT2D eigenvalue weighted by Gasteiger charge is 2.17. The number of carbonyl (C=O) groups is 2. The second-order valence-corrected chi connectivity index (χ2v) is 4.79. The number of aliphatic carboxylic acids is 1. The minimum Gasteiger partial charge on any atom is -0.480 e. The van der Waals surface area contributed by atoms with Gasteiger partial charge in [-0.25, -0.2) is 0 Å². The third kappa shape index (κ3) is 2.82. The monoisotopic (exact) mass is 274 g/mol. The molecule has 0 fully saturated rings. The lowest BCUT2D eigenvalue weighted by Gasteiger charge is -2.18. The Hall–Kier alpha value is -2.30. The molecule has 0 aliphatic carbocycles. The Kier molecular flexibility index (Phi) is 4.08. The number of fused-ring (bicyclic) bond motifs is 1. The third-order valence-corrected chi connectivity index (χ3v) is 3.41. The van der Waals surface area contributed by atoms with Crippen LogP contribution in [0, 0.1) is 6.92 Å². The van der Waals surface area contributed by atoms with Crippen molar-refractivity contribution < 1.29 is 14.7 Å². The summed E-state index contributed by atoms with van der Waals surface area (Å²) < 4.78 is 0. The topological polar surface area (TPSA) is 73.4 Å². The zero-order chi connectivity index (χ0) is 14.7. The smallest absolute Gasteiger partial charge is 0.323 e. The number of amides is 1. The minimum atomic E-state index is -0.991. The van der Waals surface area contributed by atoms with Crippen LogP contribution in [-0.2, 0) is 16.0 Å². The van der Waals surface area contributed by atoms with E-state index in [0.717, 1.165) is 22.0 Å². The number of hydrogen-bond donors (Lipinski definition) is 2. The first kappa shape index (κ1) is 14.1. The van der Waals surface area contributed by atoms with Crippen molar-refractivity contribution in [3.63, 3.8) is 0 Å². The maximum atomic E-state index is 12.2. The fourth-order valence-electron chi connectivity index (χ4n) is 2.32. The van der Waals surface area contributed by atoms with Crippen LogP contribution in [0.2, 0.25) is 0 Å². The number of hydrogen-bond acceptors (Lipinski definition) is 2. The van der Waals surface area contributed by atoms with Gasteiger partial charge in [0.15, 0.2) is 0 Å². The van der Waals surface area contributed by atoms with E-state index in [0.29, 0.717) is 6.54 Å². The zero-order valence-corrected chi connectivity index (χ0v) is 11.6. The highest BCUT2D eigenvalue weighted by Crippen LogP contribution is 2.21. The highest BCUT2D eigenvalue weighted by molar-refractivity contribution is 5.91. The number of benzene rings is 1. The molecule has 0 spiro atoms. The van der Waals surface area contributed by atoms with Gasteiger partial charge >= 0.3 is 5.97 Å². The van der Waals surface area contributed by atoms with Crippen LogP contribution < -0.4 is 0 Å². The van der Waals surface area contributed by atoms with E-state index in [9.17, 15) is 9.59 Å². The summed E-state index contributed by atoms with van der Waals surface area (Å²) in [6.45, 7) is 3.93. The minimum absolute atomic E-state index is 0.169. The number of aryl methyl sites for hydroxylation is 1. The lowest BCUT2D eigenvalue weighted by molar-refractivity contribution is -0.144. The van der Waals surface area contributed by atoms with Crippen LogP contribution in [0.15, 0.2) is 24.4 Å². The molecule has 0 aliphatic heterocycles. The second-order valence-electron chi connectivity index (χ2n) is 4.79. The Morgan fingerprint density at radius 3 is 2.75 bits per heavy atom. The Balaban J connectivity index is 2.21. The molecule has 2 rings (SSSR count). The SMILES string of the molecule is CCN(CC(=O)O)C(=O)Cc1c[nH]c2c(C)cccc12. The number of nitrogens with one attached hydrogen (secondary N) is 1. The Labute approximate surface area is 117 Å². The van der Waals surface area contributed by atoms with Gasteiger partial charge in [0.2, 0.25) is 5.91 Å². The zero-order valence-electron chi connectivity index (χ0n) is 11.6. The number of nitrogens with zero attached hydrogens (tertiary/aromatic N) is 1. The standard InChI is InChI=1S/C15H18N2O3/c1-3-17(9-14(19)20)13(18)7-11-8-16-15-10(2)5-4-6-12(11)15/h4-6,8,16H,3,7,9H2,1-2H3,(H,19,20). The van der Waals surface area contributed by atoms with Crippen LogP contribution in [0.1, 0.15) is 18.1 Å². The van der Waals surface area contributed by atoms with Crippen molar-refractivity contribution in [1.29, 1.82) is 0 Å². The van der Waals surface area contributed by atoms with E-state index < -0.39 is 5.97 Å². The van der Waals surface area contributed by atoms with E-state index in [-0.39, 0.29) is 18.9 Å². The Morgan fingerprint density at radius 1 is 1.35 bits per heavy atom. The van der Waals surface area contributed by atoms with Gasteiger partial charge in [0.1, 0.15) is 6.54 Å². The van der Waals surface area contributed by atoms with Crippen LogP contribution >= 0.6 is 0 Å². The summed E-state index contributed by atoms with van der Waals surface area (Å²) in [6, 6.07) is 5.93. The molecule has 5 nitrogen and oxygen atoms in total. The van der Waals surface area contributed by atoms with Crippen molar-refractivity contribution in [2.75, 3.05) is 13.1 Å². The van der Waals surface area contributed by atoms with Crippen molar-refractivity contribution in [1.82, 2.24) is 9.88 Å². The molecule has 0 atom stereocenters. The second kappa shape index (κ2) is 5.77. The van der Waals surface area contributed by atoms with E-state index in [4.69, 9.17) is 5.11 Å². The largest absolute Gasteiger partial charge is 0.480 e. The summed E-state index contributed by atoms with van der Waals surface area (Å²) in [5, 5.41) is 9.82. The Bertz CT molecular complexity index is 646. The van der Waals surface area contributed by atoms with Gasteiger partial charge in [0.25, 0.3) is 0 Å². The van der Waals surface area contributed by atoms with E-state index in [1.165, 1.54) is 4.90 Å². The van der Waals surface area contributed by atoms with Gasteiger partial charge < -0.3 is 15.0 Å². The molecule has 1 amide bonds. The van der Waals surface area contributed by atoms with Crippen LogP contribution in [0.4, 0.5) is 0 Å². The molecule has 20 heavy (non-hydrogen) atoms. The molecule has 0 saturated heterocycles. The van der Waals surface area contributed by atoms with Crippen molar-refractivity contribution in [3.8, 4) is 0 Å². The fraction of sp³-hybridized carbons (Fsp3) is 0.333. The molecule has 0 aliphatic rings. The van der Waals surface area contributed by atoms with Crippen molar-refractivity contribution >= 4 is 22.8 Å². The average molecular weight is 274 g/mol. The molecule has 2 aromatic rings. The number of carbonyl (C=O) groups excluding carboxylic acids is 1. The molecule has 1 heterocycles. The van der Waals surface area contributed by atoms with E-state index in [1.54, 1.807) is 6.92 Å². The van der Waals surface area contributed by atoms with Gasteiger partial charge in [-0.1, -0.05) is 18.2 Å². The van der Waals surface area contributed by atoms with Crippen LogP contribution in [0.5, 0.6) is 0 Å². The summed E-state index contributed by atoms with van der Waals surface area (Å²) in [5.41, 5.74) is 3.05. The predicted octanol–water partition coefficient (Wildman–Crippen LogP) is 1.95. The summed E-state index contributed by atoms with van der Waals surface area (Å²) in [7, 11) is 0. The predicted molar refractivity (Wildman–Crippen MR) is 76.6 cm³/mol. The van der Waals surface area contributed by atoms with E-state index >= 15 is 0 Å². The number of aromatic amines is 1. The van der Waals surface area contributed by atoms with Gasteiger partial charge in [-0.05, 0) is 25.0 Å². The molecular weight excluding hydrogens is 256 g/mol. The summed E-state index contributed by atoms with van der Waals surface area (Å²) >= 11 is 0. The summed E-state index contributed by atoms with van der Waals surface area (Å²) in [5.74, 6) is -1.16. The van der Waals surface area contributed by atoms with Gasteiger partial charge in [0, 0.05) is 23.6 Å². The van der Waals surface area contributed by atoms with Gasteiger partial charge in [-0.15, -0.1) is 0 Å². The van der Waals surface area contributed by atoms with Crippen molar-refractivity contribution in [3.05, 3.63) is 35.5 Å². The number of para-hydroxylation sites is 1. The third-order valence-electron chi connectivity index (χ3n) is 3.41. The molecule has 0 unspecified atom stereocenters. The summed E-state index contributed by atoms with van der Waals surface area (Å²) in [6.07, 6.45) is 2.04. The Morgan fingerprint density at radius 2 is 2.10 bits per heavy atom. The first-order valence-electron chi connectivity index (χ1n) is 6.58. The van der Waals surface area contributed by atoms with Crippen molar-refractivity contribution in [2.45, 2.75) is 20.3 Å². The quantitative estimate of drug-likeness (QED) is 0.875. The first-order valence-corrected chi connectivity index (χ1v) is 6.58. The molecule has 1 aromatic carbocycles. The molecule has 5 heteroatoms. The highest BCUT2D eigenvalue weighted by atomic mass is 16.4. The van der Waals surface area contributed by atoms with Crippen LogP contribution in [0.25, 0.3) is 10.9 Å². The molecule has 2 N–H and O–H groups in total. The fourth-order valence-corrected chi connectivity index (χ4v) is 2.32. The van der Waals surface area contributed by atoms with E-state index in [2.05, 4.69) is 4.98 Å². The van der Waals surface area contributed by atoms with Crippen LogP contribution in [-0.4, -0.2) is 40.0 Å². The number of carboxylic acids is 1. The van der Waals surface area contributed by atoms with Crippen molar-refractivity contribution in [2.24, 2.45) is 0 Å². The number of H-pyrrole nitrogens is 1. The normalized spacial score (nSPS) is 10.7. The molecule has 0 radical (unpaired) electrons. The first-order chi connectivity index (χ1) is 9.52. The van der Waals surface area contributed by atoms with Gasteiger partial charge in [-0.3, -0.25) is 9.59 Å². The van der Waals surface area contributed by atoms with Gasteiger partial charge in [-0.2, -0.15) is 0 Å². The maximum Gasteiger partial charge on any atom is 0.323 e. The lowest BCUT2D eigenvalue weighted by Crippen LogP contribution is -2.36. The molecular formula is C15H18N2O3. The maximum absolute atomic E-state index is 12.2. The summed E-state index contributed by atoms with van der Waals surface area (Å²) in [4.78, 5) is 27.4. The lowest BCUT2D eigenvalue weighted by atomic mass is 10.1. The molecule has 0 bridgehead atoms.